The Bertz CT molecular complexity index is 1100. The molecule has 0 fully saturated rings. The van der Waals surface area contributed by atoms with Gasteiger partial charge in [-0.1, -0.05) is 54.4 Å². The van der Waals surface area contributed by atoms with Gasteiger partial charge in [-0.05, 0) is 67.3 Å². The van der Waals surface area contributed by atoms with Crippen molar-refractivity contribution in [2.24, 2.45) is 0 Å². The summed E-state index contributed by atoms with van der Waals surface area (Å²) in [4.78, 5) is 13.0. The van der Waals surface area contributed by atoms with Gasteiger partial charge in [0, 0.05) is 28.6 Å². The summed E-state index contributed by atoms with van der Waals surface area (Å²) >= 11 is 11.9. The van der Waals surface area contributed by atoms with E-state index < -0.39 is 17.3 Å². The van der Waals surface area contributed by atoms with E-state index in [0.717, 1.165) is 17.2 Å². The first-order valence-corrected chi connectivity index (χ1v) is 11.2. The van der Waals surface area contributed by atoms with Crippen LogP contribution < -0.4 is 10.1 Å². The van der Waals surface area contributed by atoms with Crippen molar-refractivity contribution < 1.29 is 18.3 Å². The molecule has 0 saturated carbocycles. The van der Waals surface area contributed by atoms with Gasteiger partial charge in [0.15, 0.2) is 5.60 Å². The molecule has 0 aliphatic carbocycles. The van der Waals surface area contributed by atoms with Gasteiger partial charge in [0.05, 0.1) is 0 Å². The van der Waals surface area contributed by atoms with Crippen molar-refractivity contribution in [3.63, 3.8) is 0 Å². The average Bonchev–Trinajstić information content (AvgIpc) is 2.73. The van der Waals surface area contributed by atoms with Crippen LogP contribution in [0.5, 0.6) is 5.75 Å². The van der Waals surface area contributed by atoms with Crippen LogP contribution in [0.1, 0.15) is 43.7 Å². The molecule has 3 rings (SSSR count). The molecule has 7 heteroatoms. The number of halogens is 4. The zero-order valence-corrected chi connectivity index (χ0v) is 20.1. The SMILES string of the molecule is CC(c1ccc(Cl)cc1)C(CNC(=O)C(C)(C)Oc1cc(F)cc(Cl)c1)c1cccc(F)c1. The third-order valence-corrected chi connectivity index (χ3v) is 5.98. The van der Waals surface area contributed by atoms with Gasteiger partial charge in [0.2, 0.25) is 0 Å². The highest BCUT2D eigenvalue weighted by molar-refractivity contribution is 6.30. The first-order chi connectivity index (χ1) is 15.5. The highest BCUT2D eigenvalue weighted by atomic mass is 35.5. The van der Waals surface area contributed by atoms with Gasteiger partial charge in [0.1, 0.15) is 17.4 Å². The van der Waals surface area contributed by atoms with E-state index in [2.05, 4.69) is 5.32 Å². The fourth-order valence-electron chi connectivity index (χ4n) is 3.66. The topological polar surface area (TPSA) is 38.3 Å². The van der Waals surface area contributed by atoms with E-state index in [1.165, 1.54) is 24.3 Å². The van der Waals surface area contributed by atoms with Gasteiger partial charge in [-0.2, -0.15) is 0 Å². The highest BCUT2D eigenvalue weighted by Gasteiger charge is 2.32. The molecule has 3 nitrogen and oxygen atoms in total. The Hall–Kier alpha value is -2.63. The van der Waals surface area contributed by atoms with E-state index in [4.69, 9.17) is 27.9 Å². The van der Waals surface area contributed by atoms with Crippen molar-refractivity contribution in [2.75, 3.05) is 6.54 Å². The number of amides is 1. The van der Waals surface area contributed by atoms with E-state index in [0.29, 0.717) is 5.02 Å². The maximum Gasteiger partial charge on any atom is 0.263 e. The van der Waals surface area contributed by atoms with Gasteiger partial charge < -0.3 is 10.1 Å². The highest BCUT2D eigenvalue weighted by Crippen LogP contribution is 2.33. The Morgan fingerprint density at radius 1 is 0.939 bits per heavy atom. The summed E-state index contributed by atoms with van der Waals surface area (Å²) in [6.07, 6.45) is 0. The lowest BCUT2D eigenvalue weighted by molar-refractivity contribution is -0.134. The third kappa shape index (κ3) is 6.68. The molecule has 0 aliphatic rings. The minimum absolute atomic E-state index is 0.0459. The largest absolute Gasteiger partial charge is 0.478 e. The summed E-state index contributed by atoms with van der Waals surface area (Å²) in [5, 5.41) is 3.71. The number of ether oxygens (including phenoxy) is 1. The number of rotatable bonds is 8. The summed E-state index contributed by atoms with van der Waals surface area (Å²) in [7, 11) is 0. The van der Waals surface area contributed by atoms with Crippen LogP contribution in [0.2, 0.25) is 10.0 Å². The lowest BCUT2D eigenvalue weighted by Gasteiger charge is -2.29. The standard InChI is InChI=1S/C26H25Cl2F2NO2/c1-16(17-7-9-19(27)10-8-17)24(18-5-4-6-21(29)11-18)15-31-25(32)26(2,3)33-23-13-20(28)12-22(30)14-23/h4-14,16,24H,15H2,1-3H3,(H,31,32). The predicted octanol–water partition coefficient (Wildman–Crippen LogP) is 7.13. The average molecular weight is 492 g/mol. The van der Waals surface area contributed by atoms with Crippen LogP contribution >= 0.6 is 23.2 Å². The van der Waals surface area contributed by atoms with Crippen LogP contribution in [0, 0.1) is 11.6 Å². The van der Waals surface area contributed by atoms with Crippen LogP contribution in [0.15, 0.2) is 66.7 Å². The molecule has 2 unspecified atom stereocenters. The second kappa shape index (κ2) is 10.5. The monoisotopic (exact) mass is 491 g/mol. The van der Waals surface area contributed by atoms with E-state index in [9.17, 15) is 13.6 Å². The Balaban J connectivity index is 1.79. The number of benzene rings is 3. The van der Waals surface area contributed by atoms with Crippen molar-refractivity contribution in [2.45, 2.75) is 38.2 Å². The summed E-state index contributed by atoms with van der Waals surface area (Å²) in [5.41, 5.74) is 0.467. The molecule has 0 aliphatic heterocycles. The summed E-state index contributed by atoms with van der Waals surface area (Å²) in [6, 6.07) is 17.5. The Morgan fingerprint density at radius 2 is 1.64 bits per heavy atom. The Labute approximate surface area is 202 Å². The molecule has 0 aromatic heterocycles. The first-order valence-electron chi connectivity index (χ1n) is 10.5. The van der Waals surface area contributed by atoms with Crippen LogP contribution in [0.25, 0.3) is 0 Å². The van der Waals surface area contributed by atoms with Crippen LogP contribution in [0.4, 0.5) is 8.78 Å². The maximum absolute atomic E-state index is 14.0. The smallest absolute Gasteiger partial charge is 0.263 e. The number of carbonyl (C=O) groups excluding carboxylic acids is 1. The normalized spacial score (nSPS) is 13.3. The van der Waals surface area contributed by atoms with Crippen LogP contribution in [-0.2, 0) is 4.79 Å². The predicted molar refractivity (Wildman–Crippen MR) is 128 cm³/mol. The van der Waals surface area contributed by atoms with E-state index in [1.54, 1.807) is 32.0 Å². The van der Waals surface area contributed by atoms with E-state index >= 15 is 0 Å². The molecule has 0 spiro atoms. The number of hydrogen-bond acceptors (Lipinski definition) is 2. The van der Waals surface area contributed by atoms with Crippen molar-refractivity contribution in [1.29, 1.82) is 0 Å². The molecule has 0 radical (unpaired) electrons. The van der Waals surface area contributed by atoms with E-state index in [1.807, 2.05) is 25.1 Å². The minimum atomic E-state index is -1.30. The number of hydrogen-bond donors (Lipinski definition) is 1. The molecule has 3 aromatic rings. The van der Waals surface area contributed by atoms with Crippen molar-refractivity contribution in [3.8, 4) is 5.75 Å². The summed E-state index contributed by atoms with van der Waals surface area (Å²) < 4.78 is 33.4. The van der Waals surface area contributed by atoms with Crippen LogP contribution in [0.3, 0.4) is 0 Å². The molecule has 1 amide bonds. The second-order valence-electron chi connectivity index (χ2n) is 8.43. The second-order valence-corrected chi connectivity index (χ2v) is 9.30. The molecular weight excluding hydrogens is 467 g/mol. The van der Waals surface area contributed by atoms with Crippen molar-refractivity contribution in [3.05, 3.63) is 99.5 Å². The van der Waals surface area contributed by atoms with Gasteiger partial charge in [-0.15, -0.1) is 0 Å². The van der Waals surface area contributed by atoms with Gasteiger partial charge >= 0.3 is 0 Å². The fourth-order valence-corrected chi connectivity index (χ4v) is 4.00. The summed E-state index contributed by atoms with van der Waals surface area (Å²) in [6.45, 7) is 5.42. The fraction of sp³-hybridized carbons (Fsp3) is 0.269. The van der Waals surface area contributed by atoms with Crippen molar-refractivity contribution >= 4 is 29.1 Å². The van der Waals surface area contributed by atoms with Gasteiger partial charge in [0.25, 0.3) is 5.91 Å². The number of carbonyl (C=O) groups is 1. The van der Waals surface area contributed by atoms with Crippen molar-refractivity contribution in [1.82, 2.24) is 5.32 Å². The lowest BCUT2D eigenvalue weighted by Crippen LogP contribution is -2.47. The molecule has 0 heterocycles. The van der Waals surface area contributed by atoms with Crippen LogP contribution in [-0.4, -0.2) is 18.1 Å². The molecule has 1 N–H and O–H groups in total. The van der Waals surface area contributed by atoms with Gasteiger partial charge in [-0.3, -0.25) is 4.79 Å². The number of nitrogens with one attached hydrogen (secondary N) is 1. The Morgan fingerprint density at radius 3 is 2.27 bits per heavy atom. The lowest BCUT2D eigenvalue weighted by atomic mass is 9.82. The zero-order chi connectivity index (χ0) is 24.2. The molecule has 33 heavy (non-hydrogen) atoms. The Kier molecular flexibility index (Phi) is 7.98. The molecule has 3 aromatic carbocycles. The molecule has 174 valence electrons. The molecule has 2 atom stereocenters. The van der Waals surface area contributed by atoms with E-state index in [-0.39, 0.29) is 35.0 Å². The molecule has 0 bridgehead atoms. The maximum atomic E-state index is 14.0. The summed E-state index contributed by atoms with van der Waals surface area (Å²) in [5.74, 6) is -1.42. The van der Waals surface area contributed by atoms with Gasteiger partial charge in [-0.25, -0.2) is 8.78 Å². The first kappa shape index (κ1) is 25.0. The molecule has 0 saturated heterocycles. The zero-order valence-electron chi connectivity index (χ0n) is 18.5. The quantitative estimate of drug-likeness (QED) is 0.363. The minimum Gasteiger partial charge on any atom is -0.478 e. The molecular formula is C26H25Cl2F2NO2. The third-order valence-electron chi connectivity index (χ3n) is 5.51.